The molecule has 0 saturated heterocycles. The number of fused-ring (bicyclic) bond motifs is 1. The monoisotopic (exact) mass is 388 g/mol. The fourth-order valence-electron chi connectivity index (χ4n) is 2.52. The van der Waals surface area contributed by atoms with E-state index in [2.05, 4.69) is 5.32 Å². The van der Waals surface area contributed by atoms with E-state index in [1.807, 2.05) is 12.1 Å². The Morgan fingerprint density at radius 3 is 2.58 bits per heavy atom. The first kappa shape index (κ1) is 18.2. The van der Waals surface area contributed by atoms with Gasteiger partial charge in [0.15, 0.2) is 0 Å². The Morgan fingerprint density at radius 1 is 1.15 bits per heavy atom. The molecule has 0 saturated carbocycles. The van der Waals surface area contributed by atoms with Gasteiger partial charge in [0.2, 0.25) is 0 Å². The normalized spacial score (nSPS) is 10.6. The van der Waals surface area contributed by atoms with E-state index in [0.29, 0.717) is 26.9 Å². The molecule has 26 heavy (non-hydrogen) atoms. The number of amides is 2. The smallest absolute Gasteiger partial charge is 0.267 e. The lowest BCUT2D eigenvalue weighted by atomic mass is 10.1. The van der Waals surface area contributed by atoms with Gasteiger partial charge in [-0.2, -0.15) is 0 Å². The molecule has 1 heterocycles. The topological polar surface area (TPSA) is 58.6 Å². The van der Waals surface area contributed by atoms with Crippen molar-refractivity contribution >= 4 is 50.5 Å². The van der Waals surface area contributed by atoms with E-state index in [9.17, 15) is 9.59 Å². The van der Waals surface area contributed by atoms with E-state index < -0.39 is 0 Å². The largest absolute Gasteiger partial charge is 0.497 e. The number of hydrogen-bond donors (Lipinski definition) is 1. The van der Waals surface area contributed by atoms with Gasteiger partial charge in [-0.3, -0.25) is 9.59 Å². The Hall–Kier alpha value is -2.57. The summed E-state index contributed by atoms with van der Waals surface area (Å²) in [4.78, 5) is 26.9. The van der Waals surface area contributed by atoms with E-state index in [1.54, 1.807) is 51.5 Å². The quantitative estimate of drug-likeness (QED) is 0.715. The maximum Gasteiger partial charge on any atom is 0.267 e. The van der Waals surface area contributed by atoms with Gasteiger partial charge in [0.05, 0.1) is 23.4 Å². The Bertz CT molecular complexity index is 998. The second-order valence-electron chi connectivity index (χ2n) is 5.81. The molecule has 7 heteroatoms. The zero-order valence-corrected chi connectivity index (χ0v) is 16.1. The minimum absolute atomic E-state index is 0.187. The second kappa shape index (κ2) is 7.35. The SMILES string of the molecule is COc1ccc2c(Cl)c(C(=O)Nc3ccccc3C(=O)N(C)C)sc2c1. The van der Waals surface area contributed by atoms with Crippen molar-refractivity contribution < 1.29 is 14.3 Å². The predicted molar refractivity (Wildman–Crippen MR) is 106 cm³/mol. The first-order valence-electron chi connectivity index (χ1n) is 7.80. The number of carbonyl (C=O) groups is 2. The Kier molecular flexibility index (Phi) is 5.15. The van der Waals surface area contributed by atoms with Gasteiger partial charge < -0.3 is 15.0 Å². The summed E-state index contributed by atoms with van der Waals surface area (Å²) < 4.78 is 6.07. The second-order valence-corrected chi connectivity index (χ2v) is 7.24. The standard InChI is InChI=1S/C19H17ClN2O3S/c1-22(2)19(24)12-6-4-5-7-14(12)21-18(23)17-16(20)13-9-8-11(25-3)10-15(13)26-17/h4-10H,1-3H3,(H,21,23). The molecular weight excluding hydrogens is 372 g/mol. The van der Waals surface area contributed by atoms with Gasteiger partial charge in [-0.15, -0.1) is 11.3 Å². The minimum Gasteiger partial charge on any atom is -0.497 e. The first-order chi connectivity index (χ1) is 12.4. The summed E-state index contributed by atoms with van der Waals surface area (Å²) in [5.74, 6) is 0.159. The molecule has 0 radical (unpaired) electrons. The molecule has 0 bridgehead atoms. The number of methoxy groups -OCH3 is 1. The lowest BCUT2D eigenvalue weighted by Crippen LogP contribution is -2.23. The van der Waals surface area contributed by atoms with Crippen molar-refractivity contribution in [1.82, 2.24) is 4.90 Å². The molecule has 134 valence electrons. The van der Waals surface area contributed by atoms with E-state index in [-0.39, 0.29) is 11.8 Å². The number of nitrogens with one attached hydrogen (secondary N) is 1. The lowest BCUT2D eigenvalue weighted by molar-refractivity contribution is 0.0828. The lowest BCUT2D eigenvalue weighted by Gasteiger charge is -2.14. The molecule has 2 aromatic carbocycles. The minimum atomic E-state index is -0.353. The van der Waals surface area contributed by atoms with Gasteiger partial charge in [-0.1, -0.05) is 23.7 Å². The molecule has 3 aromatic rings. The van der Waals surface area contributed by atoms with E-state index in [1.165, 1.54) is 16.2 Å². The molecule has 0 aliphatic carbocycles. The van der Waals surface area contributed by atoms with Gasteiger partial charge in [-0.25, -0.2) is 0 Å². The van der Waals surface area contributed by atoms with E-state index >= 15 is 0 Å². The molecule has 1 aromatic heterocycles. The van der Waals surface area contributed by atoms with Crippen LogP contribution in [0.1, 0.15) is 20.0 Å². The first-order valence-corrected chi connectivity index (χ1v) is 9.00. The molecule has 0 spiro atoms. The van der Waals surface area contributed by atoms with Crippen molar-refractivity contribution in [3.8, 4) is 5.75 Å². The zero-order valence-electron chi connectivity index (χ0n) is 14.5. The van der Waals surface area contributed by atoms with Crippen molar-refractivity contribution in [3.63, 3.8) is 0 Å². The van der Waals surface area contributed by atoms with Gasteiger partial charge in [-0.05, 0) is 30.3 Å². The molecule has 1 N–H and O–H groups in total. The average molecular weight is 389 g/mol. The summed E-state index contributed by atoms with van der Waals surface area (Å²) in [6.45, 7) is 0. The number of para-hydroxylation sites is 1. The molecule has 5 nitrogen and oxygen atoms in total. The third kappa shape index (κ3) is 3.38. The van der Waals surface area contributed by atoms with Crippen LogP contribution in [0.15, 0.2) is 42.5 Å². The summed E-state index contributed by atoms with van der Waals surface area (Å²) in [5.41, 5.74) is 0.868. The van der Waals surface area contributed by atoms with Crippen LogP contribution in [0.5, 0.6) is 5.75 Å². The van der Waals surface area contributed by atoms with Crippen LogP contribution in [0.3, 0.4) is 0 Å². The molecule has 0 atom stereocenters. The van der Waals surface area contributed by atoms with Crippen molar-refractivity contribution in [3.05, 3.63) is 57.9 Å². The number of rotatable bonds is 4. The van der Waals surface area contributed by atoms with Crippen molar-refractivity contribution in [2.24, 2.45) is 0 Å². The van der Waals surface area contributed by atoms with Crippen LogP contribution in [-0.2, 0) is 0 Å². The Labute approximate surface area is 160 Å². The van der Waals surface area contributed by atoms with Crippen LogP contribution < -0.4 is 10.1 Å². The van der Waals surface area contributed by atoms with Crippen LogP contribution >= 0.6 is 22.9 Å². The van der Waals surface area contributed by atoms with Crippen molar-refractivity contribution in [2.75, 3.05) is 26.5 Å². The van der Waals surface area contributed by atoms with E-state index in [4.69, 9.17) is 16.3 Å². The van der Waals surface area contributed by atoms with Crippen LogP contribution in [-0.4, -0.2) is 37.9 Å². The van der Waals surface area contributed by atoms with Crippen molar-refractivity contribution in [1.29, 1.82) is 0 Å². The highest BCUT2D eigenvalue weighted by Crippen LogP contribution is 2.37. The van der Waals surface area contributed by atoms with Crippen LogP contribution in [0.25, 0.3) is 10.1 Å². The highest BCUT2D eigenvalue weighted by atomic mass is 35.5. The van der Waals surface area contributed by atoms with Crippen LogP contribution in [0.4, 0.5) is 5.69 Å². The maximum atomic E-state index is 12.8. The fraction of sp³-hybridized carbons (Fsp3) is 0.158. The summed E-state index contributed by atoms with van der Waals surface area (Å²) >= 11 is 7.68. The fourth-order valence-corrected chi connectivity index (χ4v) is 3.96. The number of ether oxygens (including phenoxy) is 1. The van der Waals surface area contributed by atoms with Gasteiger partial charge in [0, 0.05) is 24.2 Å². The summed E-state index contributed by atoms with van der Waals surface area (Å²) in [6.07, 6.45) is 0. The Balaban J connectivity index is 1.95. The summed E-state index contributed by atoms with van der Waals surface area (Å²) in [7, 11) is 4.91. The third-order valence-electron chi connectivity index (χ3n) is 3.85. The number of thiophene rings is 1. The number of hydrogen-bond acceptors (Lipinski definition) is 4. The highest BCUT2D eigenvalue weighted by Gasteiger charge is 2.20. The molecule has 2 amide bonds. The summed E-state index contributed by atoms with van der Waals surface area (Å²) in [5, 5.41) is 3.98. The highest BCUT2D eigenvalue weighted by molar-refractivity contribution is 7.21. The number of benzene rings is 2. The predicted octanol–water partition coefficient (Wildman–Crippen LogP) is 4.52. The van der Waals surface area contributed by atoms with Crippen LogP contribution in [0, 0.1) is 0 Å². The molecule has 0 aliphatic rings. The van der Waals surface area contributed by atoms with Gasteiger partial charge in [0.25, 0.3) is 11.8 Å². The maximum absolute atomic E-state index is 12.8. The van der Waals surface area contributed by atoms with Gasteiger partial charge >= 0.3 is 0 Å². The number of anilines is 1. The Morgan fingerprint density at radius 2 is 1.88 bits per heavy atom. The summed E-state index contributed by atoms with van der Waals surface area (Å²) in [6, 6.07) is 12.4. The van der Waals surface area contributed by atoms with E-state index in [0.717, 1.165) is 10.1 Å². The van der Waals surface area contributed by atoms with Crippen molar-refractivity contribution in [2.45, 2.75) is 0 Å². The number of carbonyl (C=O) groups excluding carboxylic acids is 2. The molecule has 0 unspecified atom stereocenters. The average Bonchev–Trinajstić information content (AvgIpc) is 2.97. The molecular formula is C19H17ClN2O3S. The molecule has 3 rings (SSSR count). The third-order valence-corrected chi connectivity index (χ3v) is 5.51. The van der Waals surface area contributed by atoms with Gasteiger partial charge in [0.1, 0.15) is 10.6 Å². The number of nitrogens with zero attached hydrogens (tertiary/aromatic N) is 1. The van der Waals surface area contributed by atoms with Crippen LogP contribution in [0.2, 0.25) is 5.02 Å². The number of halogens is 1. The molecule has 0 fully saturated rings. The molecule has 0 aliphatic heterocycles. The zero-order chi connectivity index (χ0) is 18.8.